The smallest absolute Gasteiger partial charge is 0.291 e. The van der Waals surface area contributed by atoms with Crippen molar-refractivity contribution in [1.29, 1.82) is 0 Å². The first kappa shape index (κ1) is 18.3. The van der Waals surface area contributed by atoms with E-state index in [9.17, 15) is 9.59 Å². The number of hydrogen-bond acceptors (Lipinski definition) is 4. The van der Waals surface area contributed by atoms with Crippen LogP contribution in [0.15, 0.2) is 81.8 Å². The number of rotatable bonds is 5. The van der Waals surface area contributed by atoms with Gasteiger partial charge in [0.1, 0.15) is 11.3 Å². The number of carbonyl (C=O) groups excluding carboxylic acids is 2. The minimum atomic E-state index is -0.331. The monoisotopic (exact) mass is 386 g/mol. The minimum absolute atomic E-state index is 0.242. The Labute approximate surface area is 166 Å². The molecule has 6 nitrogen and oxygen atoms in total. The van der Waals surface area contributed by atoms with Gasteiger partial charge < -0.3 is 19.5 Å². The topological polar surface area (TPSA) is 84.5 Å². The van der Waals surface area contributed by atoms with Crippen LogP contribution in [0.1, 0.15) is 21.9 Å². The van der Waals surface area contributed by atoms with E-state index in [1.165, 1.54) is 6.08 Å². The first-order valence-electron chi connectivity index (χ1n) is 9.02. The molecule has 2 aromatic heterocycles. The van der Waals surface area contributed by atoms with E-state index < -0.39 is 0 Å². The summed E-state index contributed by atoms with van der Waals surface area (Å²) in [7, 11) is 0. The molecule has 0 bridgehead atoms. The largest absolute Gasteiger partial charge is 0.465 e. The molecular formula is C23H18N2O4. The van der Waals surface area contributed by atoms with E-state index in [4.69, 9.17) is 8.83 Å². The van der Waals surface area contributed by atoms with Crippen LogP contribution in [0.2, 0.25) is 0 Å². The summed E-state index contributed by atoms with van der Waals surface area (Å²) in [5.74, 6) is 0.230. The summed E-state index contributed by atoms with van der Waals surface area (Å²) in [6.45, 7) is 1.85. The van der Waals surface area contributed by atoms with Gasteiger partial charge >= 0.3 is 0 Å². The van der Waals surface area contributed by atoms with Crippen molar-refractivity contribution in [2.75, 3.05) is 10.6 Å². The van der Waals surface area contributed by atoms with Crippen LogP contribution in [-0.4, -0.2) is 11.8 Å². The molecule has 0 unspecified atom stereocenters. The highest BCUT2D eigenvalue weighted by Crippen LogP contribution is 2.23. The van der Waals surface area contributed by atoms with Crippen molar-refractivity contribution < 1.29 is 18.4 Å². The molecule has 0 aliphatic carbocycles. The molecule has 0 aliphatic heterocycles. The second-order valence-corrected chi connectivity index (χ2v) is 6.47. The van der Waals surface area contributed by atoms with Crippen LogP contribution in [0.3, 0.4) is 0 Å². The molecular weight excluding hydrogens is 368 g/mol. The van der Waals surface area contributed by atoms with Gasteiger partial charge in [-0.15, -0.1) is 0 Å². The number of fused-ring (bicyclic) bond motifs is 1. The van der Waals surface area contributed by atoms with Gasteiger partial charge in [-0.2, -0.15) is 0 Å². The van der Waals surface area contributed by atoms with Crippen molar-refractivity contribution in [3.63, 3.8) is 0 Å². The Bertz CT molecular complexity index is 1170. The maximum Gasteiger partial charge on any atom is 0.291 e. The molecule has 2 amide bonds. The van der Waals surface area contributed by atoms with Gasteiger partial charge in [-0.3, -0.25) is 9.59 Å². The van der Waals surface area contributed by atoms with Crippen molar-refractivity contribution in [2.45, 2.75) is 6.92 Å². The summed E-state index contributed by atoms with van der Waals surface area (Å²) < 4.78 is 10.7. The summed E-state index contributed by atoms with van der Waals surface area (Å²) in [5, 5.41) is 6.49. The van der Waals surface area contributed by atoms with Crippen LogP contribution in [0.4, 0.5) is 11.4 Å². The summed E-state index contributed by atoms with van der Waals surface area (Å²) >= 11 is 0. The number of benzene rings is 2. The highest BCUT2D eigenvalue weighted by molar-refractivity contribution is 6.05. The van der Waals surface area contributed by atoms with Crippen LogP contribution in [0.5, 0.6) is 0 Å². The summed E-state index contributed by atoms with van der Waals surface area (Å²) in [4.78, 5) is 24.5. The van der Waals surface area contributed by atoms with Crippen LogP contribution in [0, 0.1) is 6.92 Å². The van der Waals surface area contributed by atoms with Crippen molar-refractivity contribution >= 4 is 40.2 Å². The Kier molecular flexibility index (Phi) is 4.99. The molecule has 0 saturated carbocycles. The number of nitrogens with one attached hydrogen (secondary N) is 2. The van der Waals surface area contributed by atoms with Gasteiger partial charge in [0.05, 0.1) is 6.26 Å². The number of hydrogen-bond donors (Lipinski definition) is 2. The third kappa shape index (κ3) is 4.27. The normalized spacial score (nSPS) is 11.1. The van der Waals surface area contributed by atoms with E-state index in [2.05, 4.69) is 10.6 Å². The van der Waals surface area contributed by atoms with Gasteiger partial charge in [0.25, 0.3) is 5.91 Å². The third-order valence-electron chi connectivity index (χ3n) is 4.33. The molecule has 4 rings (SSSR count). The maximum atomic E-state index is 12.5. The molecule has 0 fully saturated rings. The molecule has 2 aromatic carbocycles. The third-order valence-corrected chi connectivity index (χ3v) is 4.33. The predicted molar refractivity (Wildman–Crippen MR) is 112 cm³/mol. The number of amides is 2. The molecule has 6 heteroatoms. The number of anilines is 2. The lowest BCUT2D eigenvalue weighted by molar-refractivity contribution is -0.111. The van der Waals surface area contributed by atoms with Gasteiger partial charge in [-0.05, 0) is 61.0 Å². The van der Waals surface area contributed by atoms with Crippen molar-refractivity contribution in [2.24, 2.45) is 0 Å². The van der Waals surface area contributed by atoms with Gasteiger partial charge in [0.2, 0.25) is 5.91 Å². The van der Waals surface area contributed by atoms with E-state index in [-0.39, 0.29) is 17.6 Å². The van der Waals surface area contributed by atoms with Gasteiger partial charge in [0.15, 0.2) is 5.76 Å². The van der Waals surface area contributed by atoms with E-state index in [0.29, 0.717) is 22.7 Å². The van der Waals surface area contributed by atoms with Gasteiger partial charge in [-0.1, -0.05) is 18.2 Å². The molecule has 0 spiro atoms. The Hall–Kier alpha value is -4.06. The Balaban J connectivity index is 1.42. The summed E-state index contributed by atoms with van der Waals surface area (Å²) in [5.41, 5.74) is 2.73. The van der Waals surface area contributed by atoms with Crippen molar-refractivity contribution in [1.82, 2.24) is 0 Å². The van der Waals surface area contributed by atoms with E-state index in [1.807, 2.05) is 31.2 Å². The average Bonchev–Trinajstić information content (AvgIpc) is 3.38. The molecule has 0 radical (unpaired) electrons. The zero-order chi connectivity index (χ0) is 20.2. The fourth-order valence-electron chi connectivity index (χ4n) is 2.89. The van der Waals surface area contributed by atoms with Crippen molar-refractivity contribution in [3.8, 4) is 0 Å². The first-order chi connectivity index (χ1) is 14.1. The molecule has 4 aromatic rings. The Morgan fingerprint density at radius 2 is 1.83 bits per heavy atom. The lowest BCUT2D eigenvalue weighted by atomic mass is 10.1. The number of para-hydroxylation sites is 1. The SMILES string of the molecule is Cc1cc(NC(=O)/C=C/c2ccco2)ccc1NC(=O)c1cc2ccccc2o1. The fourth-order valence-corrected chi connectivity index (χ4v) is 2.89. The van der Waals surface area contributed by atoms with Crippen LogP contribution in [0.25, 0.3) is 17.0 Å². The van der Waals surface area contributed by atoms with Crippen molar-refractivity contribution in [3.05, 3.63) is 90.1 Å². The van der Waals surface area contributed by atoms with E-state index >= 15 is 0 Å². The summed E-state index contributed by atoms with van der Waals surface area (Å²) in [6, 6.07) is 17.9. The quantitative estimate of drug-likeness (QED) is 0.460. The second-order valence-electron chi connectivity index (χ2n) is 6.47. The molecule has 2 heterocycles. The van der Waals surface area contributed by atoms with Gasteiger partial charge in [0, 0.05) is 22.8 Å². The van der Waals surface area contributed by atoms with E-state index in [0.717, 1.165) is 10.9 Å². The standard InChI is InChI=1S/C23H18N2O4/c1-15-13-17(24-22(26)11-9-18-6-4-12-28-18)8-10-19(15)25-23(27)21-14-16-5-2-3-7-20(16)29-21/h2-14H,1H3,(H,24,26)(H,25,27)/b11-9+. The lowest BCUT2D eigenvalue weighted by Crippen LogP contribution is -2.12. The molecule has 29 heavy (non-hydrogen) atoms. The average molecular weight is 386 g/mol. The van der Waals surface area contributed by atoms with Crippen LogP contribution < -0.4 is 10.6 Å². The van der Waals surface area contributed by atoms with Gasteiger partial charge in [-0.25, -0.2) is 0 Å². The molecule has 0 saturated heterocycles. The number of aryl methyl sites for hydroxylation is 1. The highest BCUT2D eigenvalue weighted by Gasteiger charge is 2.13. The minimum Gasteiger partial charge on any atom is -0.465 e. The zero-order valence-corrected chi connectivity index (χ0v) is 15.6. The Morgan fingerprint density at radius 3 is 2.59 bits per heavy atom. The Morgan fingerprint density at radius 1 is 0.966 bits per heavy atom. The molecule has 2 N–H and O–H groups in total. The molecule has 0 atom stereocenters. The second kappa shape index (κ2) is 7.90. The molecule has 0 aliphatic rings. The lowest BCUT2D eigenvalue weighted by Gasteiger charge is -2.09. The fraction of sp³-hybridized carbons (Fsp3) is 0.0435. The molecule has 144 valence electrons. The summed E-state index contributed by atoms with van der Waals surface area (Å²) in [6.07, 6.45) is 4.52. The van der Waals surface area contributed by atoms with Crippen LogP contribution >= 0.6 is 0 Å². The highest BCUT2D eigenvalue weighted by atomic mass is 16.3. The maximum absolute atomic E-state index is 12.5. The van der Waals surface area contributed by atoms with Crippen LogP contribution in [-0.2, 0) is 4.79 Å². The number of carbonyl (C=O) groups is 2. The van der Waals surface area contributed by atoms with E-state index in [1.54, 1.807) is 48.7 Å². The first-order valence-corrected chi connectivity index (χ1v) is 9.02. The number of furan rings is 2. The zero-order valence-electron chi connectivity index (χ0n) is 15.6. The predicted octanol–water partition coefficient (Wildman–Crippen LogP) is 5.24.